The Balaban J connectivity index is 1.40. The molecule has 2 aliphatic heterocycles. The molecule has 2 fully saturated rings. The Hall–Kier alpha value is -3.35. The fourth-order valence-corrected chi connectivity index (χ4v) is 4.28. The van der Waals surface area contributed by atoms with Gasteiger partial charge in [-0.15, -0.1) is 0 Å². The maximum Gasteiger partial charge on any atom is 0.414 e. The Bertz CT molecular complexity index is 1020. The Kier molecular flexibility index (Phi) is 6.44. The summed E-state index contributed by atoms with van der Waals surface area (Å²) >= 11 is 0. The van der Waals surface area contributed by atoms with Gasteiger partial charge in [-0.05, 0) is 41.7 Å². The highest BCUT2D eigenvalue weighted by molar-refractivity contribution is 6.01. The first-order chi connectivity index (χ1) is 15.5. The van der Waals surface area contributed by atoms with Crippen LogP contribution >= 0.6 is 0 Å². The van der Waals surface area contributed by atoms with Crippen molar-refractivity contribution in [3.05, 3.63) is 59.7 Å². The van der Waals surface area contributed by atoms with Crippen molar-refractivity contribution in [3.63, 3.8) is 0 Å². The predicted molar refractivity (Wildman–Crippen MR) is 123 cm³/mol. The van der Waals surface area contributed by atoms with Gasteiger partial charge < -0.3 is 15.0 Å². The number of anilines is 2. The number of para-hydroxylation sites is 1. The number of benzene rings is 2. The Labute approximate surface area is 188 Å². The van der Waals surface area contributed by atoms with Gasteiger partial charge >= 0.3 is 6.09 Å². The van der Waals surface area contributed by atoms with Gasteiger partial charge in [-0.25, -0.2) is 4.79 Å². The molecule has 7 heteroatoms. The number of rotatable bonds is 7. The van der Waals surface area contributed by atoms with Gasteiger partial charge in [-0.3, -0.25) is 14.5 Å². The van der Waals surface area contributed by atoms with Crippen LogP contribution in [0.5, 0.6) is 0 Å². The summed E-state index contributed by atoms with van der Waals surface area (Å²) in [6.45, 7) is 5.91. The Morgan fingerprint density at radius 2 is 1.97 bits per heavy atom. The van der Waals surface area contributed by atoms with Crippen LogP contribution in [0.15, 0.2) is 48.5 Å². The SMILES string of the molecule is CCC(C)c1ccccc1N1CC(C(=O)NCc2cccc(N3CCOC3=O)c2)CC1=O. The second kappa shape index (κ2) is 9.42. The molecular formula is C25H29N3O4. The van der Waals surface area contributed by atoms with E-state index < -0.39 is 0 Å². The Morgan fingerprint density at radius 3 is 2.72 bits per heavy atom. The van der Waals surface area contributed by atoms with Crippen molar-refractivity contribution in [2.75, 3.05) is 29.5 Å². The number of hydrogen-bond acceptors (Lipinski definition) is 4. The van der Waals surface area contributed by atoms with E-state index in [0.717, 1.165) is 28.9 Å². The summed E-state index contributed by atoms with van der Waals surface area (Å²) in [5.41, 5.74) is 3.69. The van der Waals surface area contributed by atoms with Crippen molar-refractivity contribution in [1.29, 1.82) is 0 Å². The molecule has 0 aliphatic carbocycles. The summed E-state index contributed by atoms with van der Waals surface area (Å²) in [4.78, 5) is 40.7. The molecule has 0 radical (unpaired) electrons. The molecule has 2 atom stereocenters. The molecule has 1 N–H and O–H groups in total. The van der Waals surface area contributed by atoms with Crippen molar-refractivity contribution < 1.29 is 19.1 Å². The van der Waals surface area contributed by atoms with Gasteiger partial charge in [0, 0.05) is 30.9 Å². The fourth-order valence-electron chi connectivity index (χ4n) is 4.28. The van der Waals surface area contributed by atoms with E-state index in [1.807, 2.05) is 42.5 Å². The smallest absolute Gasteiger partial charge is 0.414 e. The highest BCUT2D eigenvalue weighted by Gasteiger charge is 2.36. The maximum absolute atomic E-state index is 12.8. The number of nitrogens with zero attached hydrogens (tertiary/aromatic N) is 2. The topological polar surface area (TPSA) is 79.0 Å². The first kappa shape index (κ1) is 21.9. The van der Waals surface area contributed by atoms with Gasteiger partial charge in [-0.1, -0.05) is 44.2 Å². The second-order valence-corrected chi connectivity index (χ2v) is 8.43. The van der Waals surface area contributed by atoms with Crippen LogP contribution in [-0.2, 0) is 20.9 Å². The average Bonchev–Trinajstić information content (AvgIpc) is 3.42. The van der Waals surface area contributed by atoms with Crippen LogP contribution in [0.3, 0.4) is 0 Å². The molecule has 3 amide bonds. The average molecular weight is 436 g/mol. The van der Waals surface area contributed by atoms with Crippen LogP contribution in [0.1, 0.15) is 43.7 Å². The summed E-state index contributed by atoms with van der Waals surface area (Å²) in [6, 6.07) is 15.4. The molecule has 2 unspecified atom stereocenters. The van der Waals surface area contributed by atoms with E-state index in [1.54, 1.807) is 9.80 Å². The number of amides is 3. The van der Waals surface area contributed by atoms with E-state index in [9.17, 15) is 14.4 Å². The van der Waals surface area contributed by atoms with Gasteiger partial charge in [-0.2, -0.15) is 0 Å². The number of ether oxygens (including phenoxy) is 1. The quantitative estimate of drug-likeness (QED) is 0.717. The molecule has 0 aromatic heterocycles. The molecule has 2 aromatic rings. The van der Waals surface area contributed by atoms with Crippen molar-refractivity contribution >= 4 is 29.3 Å². The van der Waals surface area contributed by atoms with Crippen molar-refractivity contribution in [1.82, 2.24) is 5.32 Å². The van der Waals surface area contributed by atoms with Crippen LogP contribution in [-0.4, -0.2) is 37.6 Å². The molecule has 0 saturated carbocycles. The van der Waals surface area contributed by atoms with Crippen molar-refractivity contribution in [2.45, 2.75) is 39.2 Å². The third-order valence-electron chi connectivity index (χ3n) is 6.32. The van der Waals surface area contributed by atoms with Gasteiger partial charge in [0.05, 0.1) is 12.5 Å². The lowest BCUT2D eigenvalue weighted by molar-refractivity contribution is -0.126. The van der Waals surface area contributed by atoms with E-state index in [-0.39, 0.29) is 30.2 Å². The minimum Gasteiger partial charge on any atom is -0.447 e. The number of nitrogens with one attached hydrogen (secondary N) is 1. The van der Waals surface area contributed by atoms with E-state index >= 15 is 0 Å². The summed E-state index contributed by atoms with van der Waals surface area (Å²) in [5.74, 6) is -0.195. The molecule has 0 spiro atoms. The molecule has 7 nitrogen and oxygen atoms in total. The van der Waals surface area contributed by atoms with Crippen LogP contribution < -0.4 is 15.1 Å². The summed E-state index contributed by atoms with van der Waals surface area (Å²) in [6.07, 6.45) is 0.839. The summed E-state index contributed by atoms with van der Waals surface area (Å²) in [7, 11) is 0. The summed E-state index contributed by atoms with van der Waals surface area (Å²) in [5, 5.41) is 2.96. The van der Waals surface area contributed by atoms with E-state index in [4.69, 9.17) is 4.74 Å². The molecule has 2 heterocycles. The van der Waals surface area contributed by atoms with Crippen LogP contribution in [0.25, 0.3) is 0 Å². The van der Waals surface area contributed by atoms with E-state index in [2.05, 4.69) is 25.2 Å². The molecule has 4 rings (SSSR count). The van der Waals surface area contributed by atoms with Gasteiger partial charge in [0.2, 0.25) is 11.8 Å². The number of cyclic esters (lactones) is 1. The number of carbonyl (C=O) groups is 3. The predicted octanol–water partition coefficient (Wildman–Crippen LogP) is 3.83. The monoisotopic (exact) mass is 435 g/mol. The minimum absolute atomic E-state index is 0.0181. The summed E-state index contributed by atoms with van der Waals surface area (Å²) < 4.78 is 4.99. The first-order valence-corrected chi connectivity index (χ1v) is 11.2. The van der Waals surface area contributed by atoms with Gasteiger partial charge in [0.1, 0.15) is 6.61 Å². The first-order valence-electron chi connectivity index (χ1n) is 11.2. The number of hydrogen-bond donors (Lipinski definition) is 1. The van der Waals surface area contributed by atoms with Gasteiger partial charge in [0.15, 0.2) is 0 Å². The lowest BCUT2D eigenvalue weighted by Crippen LogP contribution is -2.33. The maximum atomic E-state index is 12.8. The largest absolute Gasteiger partial charge is 0.447 e. The lowest BCUT2D eigenvalue weighted by atomic mass is 9.96. The van der Waals surface area contributed by atoms with Crippen LogP contribution in [0.2, 0.25) is 0 Å². The minimum atomic E-state index is -0.385. The second-order valence-electron chi connectivity index (χ2n) is 8.43. The molecule has 168 valence electrons. The third kappa shape index (κ3) is 4.47. The van der Waals surface area contributed by atoms with E-state index in [1.165, 1.54) is 0 Å². The molecule has 2 aliphatic rings. The fraction of sp³-hybridized carbons (Fsp3) is 0.400. The highest BCUT2D eigenvalue weighted by Crippen LogP contribution is 2.33. The molecular weight excluding hydrogens is 406 g/mol. The zero-order valence-electron chi connectivity index (χ0n) is 18.5. The van der Waals surface area contributed by atoms with Gasteiger partial charge in [0.25, 0.3) is 0 Å². The van der Waals surface area contributed by atoms with Crippen LogP contribution in [0, 0.1) is 5.92 Å². The molecule has 0 bridgehead atoms. The van der Waals surface area contributed by atoms with Crippen molar-refractivity contribution in [2.24, 2.45) is 5.92 Å². The number of carbonyl (C=O) groups excluding carboxylic acids is 3. The lowest BCUT2D eigenvalue weighted by Gasteiger charge is -2.23. The zero-order valence-corrected chi connectivity index (χ0v) is 18.5. The standard InChI is InChI=1S/C25H29N3O4/c1-3-17(2)21-9-4-5-10-22(21)28-16-19(14-23(28)29)24(30)26-15-18-7-6-8-20(13-18)27-11-12-32-25(27)31/h4-10,13,17,19H,3,11-12,14-16H2,1-2H3,(H,26,30). The van der Waals surface area contributed by atoms with E-state index in [0.29, 0.717) is 32.2 Å². The van der Waals surface area contributed by atoms with Crippen molar-refractivity contribution in [3.8, 4) is 0 Å². The molecule has 2 saturated heterocycles. The normalized spacial score (nSPS) is 19.2. The van der Waals surface area contributed by atoms with Crippen LogP contribution in [0.4, 0.5) is 16.2 Å². The molecule has 32 heavy (non-hydrogen) atoms. The third-order valence-corrected chi connectivity index (χ3v) is 6.32. The Morgan fingerprint density at radius 1 is 1.16 bits per heavy atom. The highest BCUT2D eigenvalue weighted by atomic mass is 16.6. The molecule has 2 aromatic carbocycles. The zero-order chi connectivity index (χ0) is 22.7.